The molecule has 0 saturated heterocycles. The van der Waals surface area contributed by atoms with Crippen molar-refractivity contribution in [1.29, 1.82) is 0 Å². The van der Waals surface area contributed by atoms with Crippen LogP contribution in [0.5, 0.6) is 5.75 Å². The van der Waals surface area contributed by atoms with Crippen molar-refractivity contribution < 1.29 is 44.1 Å². The van der Waals surface area contributed by atoms with Crippen LogP contribution in [0.15, 0.2) is 24.3 Å². The molecule has 4 amide bonds. The van der Waals surface area contributed by atoms with E-state index in [9.17, 15) is 39.0 Å². The van der Waals surface area contributed by atoms with Crippen LogP contribution in [-0.4, -0.2) is 75.6 Å². The van der Waals surface area contributed by atoms with Crippen molar-refractivity contribution >= 4 is 35.6 Å². The van der Waals surface area contributed by atoms with Crippen LogP contribution in [0.2, 0.25) is 0 Å². The minimum atomic E-state index is -1.70. The van der Waals surface area contributed by atoms with E-state index in [0.29, 0.717) is 5.56 Å². The molecule has 1 aromatic rings. The fraction of sp³-hybridized carbons (Fsp3) is 0.400. The normalized spacial score (nSPS) is 13.1. The van der Waals surface area contributed by atoms with Gasteiger partial charge in [0.1, 0.15) is 23.9 Å². The number of aliphatic carboxylic acids is 2. The number of nitrogens with two attached hydrogens (primary N) is 2. The Hall–Kier alpha value is -4.20. The van der Waals surface area contributed by atoms with Crippen LogP contribution in [-0.2, 0) is 35.2 Å². The molecule has 0 bridgehead atoms. The molecular weight excluding hydrogens is 454 g/mol. The average molecular weight is 481 g/mol. The Labute approximate surface area is 193 Å². The van der Waals surface area contributed by atoms with Crippen LogP contribution < -0.4 is 27.4 Å². The standard InChI is InChI=1S/C20H27N5O9/c21-9-16(28)23-13(7-10-1-3-11(26)4-2-10)18(31)25-14(8-17(29)30)19(32)24-12(20(33)34)5-6-15(22)27/h1-4,12-14,26H,5-9,21H2,(H2,22,27)(H,23,28)(H,24,32)(H,25,31)(H,29,30)(H,33,34). The number of hydrogen-bond acceptors (Lipinski definition) is 8. The second-order valence-electron chi connectivity index (χ2n) is 7.26. The monoisotopic (exact) mass is 481 g/mol. The average Bonchev–Trinajstić information content (AvgIpc) is 2.76. The highest BCUT2D eigenvalue weighted by Gasteiger charge is 2.31. The van der Waals surface area contributed by atoms with Crippen LogP contribution in [0.3, 0.4) is 0 Å². The number of phenols is 1. The summed E-state index contributed by atoms with van der Waals surface area (Å²) in [6, 6.07) is 1.16. The summed E-state index contributed by atoms with van der Waals surface area (Å²) in [4.78, 5) is 70.7. The zero-order valence-electron chi connectivity index (χ0n) is 18.0. The van der Waals surface area contributed by atoms with Crippen LogP contribution in [0.4, 0.5) is 0 Å². The number of nitrogens with one attached hydrogen (secondary N) is 3. The number of aromatic hydroxyl groups is 1. The Morgan fingerprint density at radius 2 is 1.41 bits per heavy atom. The highest BCUT2D eigenvalue weighted by atomic mass is 16.4. The van der Waals surface area contributed by atoms with Crippen molar-refractivity contribution in [2.45, 2.75) is 43.8 Å². The number of carboxylic acid groups (broad SMARTS) is 2. The lowest BCUT2D eigenvalue weighted by molar-refractivity contribution is -0.143. The van der Waals surface area contributed by atoms with Crippen molar-refractivity contribution in [1.82, 2.24) is 16.0 Å². The Bertz CT molecular complexity index is 920. The van der Waals surface area contributed by atoms with Crippen LogP contribution in [0.1, 0.15) is 24.8 Å². The minimum Gasteiger partial charge on any atom is -0.508 e. The van der Waals surface area contributed by atoms with Crippen molar-refractivity contribution in [3.63, 3.8) is 0 Å². The summed E-state index contributed by atoms with van der Waals surface area (Å²) in [5.41, 5.74) is 10.8. The fourth-order valence-corrected chi connectivity index (χ4v) is 2.80. The topological polar surface area (TPSA) is 251 Å². The molecule has 0 aromatic heterocycles. The van der Waals surface area contributed by atoms with Gasteiger partial charge >= 0.3 is 11.9 Å². The van der Waals surface area contributed by atoms with Gasteiger partial charge in [0, 0.05) is 12.8 Å². The molecule has 0 saturated carbocycles. The van der Waals surface area contributed by atoms with Gasteiger partial charge in [0.2, 0.25) is 23.6 Å². The molecule has 0 spiro atoms. The maximum absolute atomic E-state index is 12.8. The zero-order valence-corrected chi connectivity index (χ0v) is 18.0. The number of amides is 4. The molecule has 0 heterocycles. The summed E-state index contributed by atoms with van der Waals surface area (Å²) < 4.78 is 0. The number of carbonyl (C=O) groups excluding carboxylic acids is 4. The Morgan fingerprint density at radius 3 is 1.91 bits per heavy atom. The van der Waals surface area contributed by atoms with E-state index in [0.717, 1.165) is 0 Å². The largest absolute Gasteiger partial charge is 0.508 e. The Balaban J connectivity index is 3.04. The zero-order chi connectivity index (χ0) is 25.8. The summed E-state index contributed by atoms with van der Waals surface area (Å²) in [5.74, 6) is -6.54. The smallest absolute Gasteiger partial charge is 0.326 e. The Kier molecular flexibility index (Phi) is 10.9. The van der Waals surface area contributed by atoms with E-state index in [1.165, 1.54) is 24.3 Å². The number of carbonyl (C=O) groups is 6. The highest BCUT2D eigenvalue weighted by Crippen LogP contribution is 2.12. The van der Waals surface area contributed by atoms with Crippen LogP contribution >= 0.6 is 0 Å². The second kappa shape index (κ2) is 13.4. The van der Waals surface area contributed by atoms with E-state index in [1.54, 1.807) is 0 Å². The maximum Gasteiger partial charge on any atom is 0.326 e. The fourth-order valence-electron chi connectivity index (χ4n) is 2.80. The first-order valence-corrected chi connectivity index (χ1v) is 10.0. The highest BCUT2D eigenvalue weighted by molar-refractivity contribution is 5.95. The van der Waals surface area contributed by atoms with Crippen LogP contribution in [0.25, 0.3) is 0 Å². The van der Waals surface area contributed by atoms with Gasteiger partial charge in [0.25, 0.3) is 0 Å². The van der Waals surface area contributed by atoms with E-state index in [1.807, 2.05) is 0 Å². The van der Waals surface area contributed by atoms with E-state index in [4.69, 9.17) is 16.6 Å². The summed E-state index contributed by atoms with van der Waals surface area (Å²) in [7, 11) is 0. The molecular formula is C20H27N5O9. The summed E-state index contributed by atoms with van der Waals surface area (Å²) in [6.45, 7) is -0.446. The molecule has 0 aliphatic heterocycles. The predicted molar refractivity (Wildman–Crippen MR) is 115 cm³/mol. The summed E-state index contributed by atoms with van der Waals surface area (Å²) >= 11 is 0. The third-order valence-electron chi connectivity index (χ3n) is 4.52. The third-order valence-corrected chi connectivity index (χ3v) is 4.52. The van der Waals surface area contributed by atoms with E-state index >= 15 is 0 Å². The molecule has 1 rings (SSSR count). The van der Waals surface area contributed by atoms with Gasteiger partial charge in [-0.3, -0.25) is 24.0 Å². The molecule has 34 heavy (non-hydrogen) atoms. The molecule has 1 aromatic carbocycles. The van der Waals surface area contributed by atoms with Gasteiger partial charge in [-0.05, 0) is 24.1 Å². The van der Waals surface area contributed by atoms with E-state index < -0.39 is 66.7 Å². The molecule has 0 radical (unpaired) electrons. The second-order valence-corrected chi connectivity index (χ2v) is 7.26. The molecule has 3 atom stereocenters. The van der Waals surface area contributed by atoms with Gasteiger partial charge in [-0.15, -0.1) is 0 Å². The van der Waals surface area contributed by atoms with E-state index in [-0.39, 0.29) is 25.0 Å². The quantitative estimate of drug-likeness (QED) is 0.135. The van der Waals surface area contributed by atoms with Gasteiger partial charge in [-0.2, -0.15) is 0 Å². The van der Waals surface area contributed by atoms with E-state index in [2.05, 4.69) is 16.0 Å². The number of rotatable bonds is 14. The van der Waals surface area contributed by atoms with Gasteiger partial charge in [-0.1, -0.05) is 12.1 Å². The number of carboxylic acids is 2. The molecule has 14 nitrogen and oxygen atoms in total. The SMILES string of the molecule is NCC(=O)NC(Cc1ccc(O)cc1)C(=O)NC(CC(=O)O)C(=O)NC(CCC(N)=O)C(=O)O. The number of primary amides is 1. The molecule has 0 fully saturated rings. The van der Waals surface area contributed by atoms with Crippen molar-refractivity contribution in [2.24, 2.45) is 11.5 Å². The molecule has 3 unspecified atom stereocenters. The summed E-state index contributed by atoms with van der Waals surface area (Å²) in [6.07, 6.45) is -1.68. The van der Waals surface area contributed by atoms with Crippen LogP contribution in [0, 0.1) is 0 Å². The first kappa shape index (κ1) is 27.8. The first-order valence-electron chi connectivity index (χ1n) is 10.0. The third kappa shape index (κ3) is 9.95. The van der Waals surface area contributed by atoms with Gasteiger partial charge < -0.3 is 42.7 Å². The van der Waals surface area contributed by atoms with Gasteiger partial charge in [-0.25, -0.2) is 4.79 Å². The maximum atomic E-state index is 12.8. The Morgan fingerprint density at radius 1 is 0.853 bits per heavy atom. The lowest BCUT2D eigenvalue weighted by Gasteiger charge is -2.23. The van der Waals surface area contributed by atoms with Crippen molar-refractivity contribution in [3.05, 3.63) is 29.8 Å². The van der Waals surface area contributed by atoms with Gasteiger partial charge in [0.05, 0.1) is 13.0 Å². The minimum absolute atomic E-state index is 0.0294. The van der Waals surface area contributed by atoms with Crippen molar-refractivity contribution in [2.75, 3.05) is 6.54 Å². The molecule has 186 valence electrons. The summed E-state index contributed by atoms with van der Waals surface area (Å²) in [5, 5.41) is 34.4. The molecule has 0 aliphatic rings. The predicted octanol–water partition coefficient (Wildman–Crippen LogP) is -2.83. The molecule has 10 N–H and O–H groups in total. The lowest BCUT2D eigenvalue weighted by atomic mass is 10.0. The van der Waals surface area contributed by atoms with Crippen molar-refractivity contribution in [3.8, 4) is 5.75 Å². The number of hydrogen-bond donors (Lipinski definition) is 8. The van der Waals surface area contributed by atoms with Gasteiger partial charge in [0.15, 0.2) is 0 Å². The first-order chi connectivity index (χ1) is 15.9. The molecule has 14 heteroatoms. The number of benzene rings is 1. The number of phenolic OH excluding ortho intramolecular Hbond substituents is 1. The lowest BCUT2D eigenvalue weighted by Crippen LogP contribution is -2.57. The molecule has 0 aliphatic carbocycles.